The standard InChI is InChI=1S/C21H21NO2S/c1-4-12-22-20(23)18(17-11-10-14(2)13-15(17)3)19(21(22)24)25-16-8-6-5-7-9-16/h5-11,13H,4,12H2,1-3H3. The number of carbonyl (C=O) groups is 2. The average Bonchev–Trinajstić information content (AvgIpc) is 2.81. The molecule has 25 heavy (non-hydrogen) atoms. The van der Waals surface area contributed by atoms with Crippen LogP contribution in [-0.2, 0) is 9.59 Å². The second kappa shape index (κ2) is 7.28. The van der Waals surface area contributed by atoms with Crippen LogP contribution in [0.15, 0.2) is 58.3 Å². The number of rotatable bonds is 5. The number of imide groups is 1. The van der Waals surface area contributed by atoms with Crippen molar-refractivity contribution in [2.45, 2.75) is 32.1 Å². The first-order valence-corrected chi connectivity index (χ1v) is 9.25. The molecule has 0 saturated carbocycles. The van der Waals surface area contributed by atoms with Gasteiger partial charge in [-0.25, -0.2) is 0 Å². The maximum Gasteiger partial charge on any atom is 0.268 e. The fourth-order valence-corrected chi connectivity index (χ4v) is 4.04. The molecule has 0 N–H and O–H groups in total. The van der Waals surface area contributed by atoms with Gasteiger partial charge in [-0.3, -0.25) is 14.5 Å². The summed E-state index contributed by atoms with van der Waals surface area (Å²) in [6, 6.07) is 15.7. The van der Waals surface area contributed by atoms with Gasteiger partial charge in [0.15, 0.2) is 0 Å². The van der Waals surface area contributed by atoms with E-state index in [2.05, 4.69) is 0 Å². The van der Waals surface area contributed by atoms with Gasteiger partial charge in [0.25, 0.3) is 11.8 Å². The smallest absolute Gasteiger partial charge is 0.268 e. The van der Waals surface area contributed by atoms with Gasteiger partial charge < -0.3 is 0 Å². The van der Waals surface area contributed by atoms with E-state index in [1.54, 1.807) is 0 Å². The number of nitrogens with zero attached hydrogens (tertiary/aromatic N) is 1. The van der Waals surface area contributed by atoms with Crippen LogP contribution in [0.25, 0.3) is 5.57 Å². The second-order valence-electron chi connectivity index (χ2n) is 6.20. The number of carbonyl (C=O) groups excluding carboxylic acids is 2. The summed E-state index contributed by atoms with van der Waals surface area (Å²) in [7, 11) is 0. The minimum Gasteiger partial charge on any atom is -0.274 e. The highest BCUT2D eigenvalue weighted by Gasteiger charge is 2.39. The summed E-state index contributed by atoms with van der Waals surface area (Å²) < 4.78 is 0. The Morgan fingerprint density at radius 1 is 0.960 bits per heavy atom. The first kappa shape index (κ1) is 17.5. The molecule has 2 aromatic carbocycles. The normalized spacial score (nSPS) is 14.6. The lowest BCUT2D eigenvalue weighted by Crippen LogP contribution is -2.32. The predicted octanol–water partition coefficient (Wildman–Crippen LogP) is 4.59. The summed E-state index contributed by atoms with van der Waals surface area (Å²) in [4.78, 5) is 28.7. The molecule has 3 nitrogen and oxygen atoms in total. The molecular weight excluding hydrogens is 330 g/mol. The largest absolute Gasteiger partial charge is 0.274 e. The SMILES string of the molecule is CCCN1C(=O)C(Sc2ccccc2)=C(c2ccc(C)cc2C)C1=O. The molecule has 128 valence electrons. The fourth-order valence-electron chi connectivity index (χ4n) is 3.01. The highest BCUT2D eigenvalue weighted by Crippen LogP contribution is 2.40. The quantitative estimate of drug-likeness (QED) is 0.740. The van der Waals surface area contributed by atoms with Crippen molar-refractivity contribution in [3.63, 3.8) is 0 Å². The number of hydrogen-bond donors (Lipinski definition) is 0. The lowest BCUT2D eigenvalue weighted by molar-refractivity contribution is -0.136. The van der Waals surface area contributed by atoms with Gasteiger partial charge >= 0.3 is 0 Å². The van der Waals surface area contributed by atoms with Crippen LogP contribution in [0, 0.1) is 13.8 Å². The van der Waals surface area contributed by atoms with Gasteiger partial charge in [-0.05, 0) is 43.5 Å². The molecule has 0 bridgehead atoms. The van der Waals surface area contributed by atoms with Gasteiger partial charge in [-0.1, -0.05) is 60.6 Å². The van der Waals surface area contributed by atoms with E-state index in [9.17, 15) is 9.59 Å². The summed E-state index contributed by atoms with van der Waals surface area (Å²) in [6.07, 6.45) is 0.751. The predicted molar refractivity (Wildman–Crippen MR) is 102 cm³/mol. The van der Waals surface area contributed by atoms with Gasteiger partial charge in [-0.15, -0.1) is 0 Å². The van der Waals surface area contributed by atoms with Crippen molar-refractivity contribution >= 4 is 29.1 Å². The third kappa shape index (κ3) is 3.40. The molecule has 4 heteroatoms. The molecule has 3 rings (SSSR count). The number of aryl methyl sites for hydroxylation is 2. The summed E-state index contributed by atoms with van der Waals surface area (Å²) in [5, 5.41) is 0. The minimum absolute atomic E-state index is 0.183. The molecule has 1 aliphatic rings. The molecule has 2 aromatic rings. The Balaban J connectivity index is 2.12. The topological polar surface area (TPSA) is 37.4 Å². The van der Waals surface area contributed by atoms with Crippen molar-refractivity contribution in [1.29, 1.82) is 0 Å². The van der Waals surface area contributed by atoms with Crippen LogP contribution in [-0.4, -0.2) is 23.3 Å². The van der Waals surface area contributed by atoms with Crippen molar-refractivity contribution < 1.29 is 9.59 Å². The molecule has 0 atom stereocenters. The number of amides is 2. The van der Waals surface area contributed by atoms with Gasteiger partial charge in [0, 0.05) is 11.4 Å². The van der Waals surface area contributed by atoms with Gasteiger partial charge in [-0.2, -0.15) is 0 Å². The van der Waals surface area contributed by atoms with Crippen molar-refractivity contribution in [2.24, 2.45) is 0 Å². The van der Waals surface area contributed by atoms with Crippen LogP contribution in [0.1, 0.15) is 30.0 Å². The molecule has 0 aliphatic carbocycles. The Hall–Kier alpha value is -2.33. The molecule has 0 unspecified atom stereocenters. The lowest BCUT2D eigenvalue weighted by atomic mass is 9.99. The molecule has 1 aliphatic heterocycles. The van der Waals surface area contributed by atoms with Gasteiger partial charge in [0.05, 0.1) is 10.5 Å². The molecule has 0 fully saturated rings. The van der Waals surface area contributed by atoms with Crippen LogP contribution in [0.3, 0.4) is 0 Å². The molecule has 0 aromatic heterocycles. The van der Waals surface area contributed by atoms with E-state index >= 15 is 0 Å². The number of hydrogen-bond acceptors (Lipinski definition) is 3. The van der Waals surface area contributed by atoms with Crippen LogP contribution >= 0.6 is 11.8 Å². The molecule has 2 amide bonds. The molecule has 0 saturated heterocycles. The minimum atomic E-state index is -0.185. The number of benzene rings is 2. The maximum absolute atomic E-state index is 13.0. The van der Waals surface area contributed by atoms with Crippen molar-refractivity contribution in [2.75, 3.05) is 6.54 Å². The molecule has 0 spiro atoms. The highest BCUT2D eigenvalue weighted by atomic mass is 32.2. The number of thioether (sulfide) groups is 1. The second-order valence-corrected chi connectivity index (χ2v) is 7.28. The zero-order valence-corrected chi connectivity index (χ0v) is 15.5. The Bertz CT molecular complexity index is 855. The van der Waals surface area contributed by atoms with Crippen LogP contribution in [0.2, 0.25) is 0 Å². The summed E-state index contributed by atoms with van der Waals surface area (Å²) in [5.41, 5.74) is 3.53. The van der Waals surface area contributed by atoms with Gasteiger partial charge in [0.1, 0.15) is 0 Å². The van der Waals surface area contributed by atoms with Crippen molar-refractivity contribution in [1.82, 2.24) is 4.90 Å². The molecule has 0 radical (unpaired) electrons. The zero-order chi connectivity index (χ0) is 18.0. The lowest BCUT2D eigenvalue weighted by Gasteiger charge is -2.14. The first-order chi connectivity index (χ1) is 12.0. The first-order valence-electron chi connectivity index (χ1n) is 8.44. The third-order valence-electron chi connectivity index (χ3n) is 4.19. The highest BCUT2D eigenvalue weighted by molar-refractivity contribution is 8.04. The van der Waals surface area contributed by atoms with E-state index < -0.39 is 0 Å². The molecular formula is C21H21NO2S. The third-order valence-corrected chi connectivity index (χ3v) is 5.28. The summed E-state index contributed by atoms with van der Waals surface area (Å²) in [6.45, 7) is 6.43. The Morgan fingerprint density at radius 2 is 1.68 bits per heavy atom. The average molecular weight is 351 g/mol. The van der Waals surface area contributed by atoms with Crippen LogP contribution < -0.4 is 0 Å². The van der Waals surface area contributed by atoms with E-state index in [0.29, 0.717) is 17.0 Å². The maximum atomic E-state index is 13.0. The molecule has 1 heterocycles. The van der Waals surface area contributed by atoms with Crippen molar-refractivity contribution in [3.05, 3.63) is 70.1 Å². The Morgan fingerprint density at radius 3 is 2.32 bits per heavy atom. The van der Waals surface area contributed by atoms with E-state index in [1.165, 1.54) is 16.7 Å². The van der Waals surface area contributed by atoms with E-state index in [1.807, 2.05) is 69.3 Å². The zero-order valence-electron chi connectivity index (χ0n) is 14.7. The van der Waals surface area contributed by atoms with Gasteiger partial charge in [0.2, 0.25) is 0 Å². The van der Waals surface area contributed by atoms with Crippen LogP contribution in [0.5, 0.6) is 0 Å². The van der Waals surface area contributed by atoms with Crippen LogP contribution in [0.4, 0.5) is 0 Å². The Labute approximate surface area is 152 Å². The monoisotopic (exact) mass is 351 g/mol. The summed E-state index contributed by atoms with van der Waals surface area (Å²) >= 11 is 1.38. The fraction of sp³-hybridized carbons (Fsp3) is 0.238. The van der Waals surface area contributed by atoms with Crippen molar-refractivity contribution in [3.8, 4) is 0 Å². The summed E-state index contributed by atoms with van der Waals surface area (Å²) in [5.74, 6) is -0.368. The van der Waals surface area contributed by atoms with E-state index in [0.717, 1.165) is 28.0 Å². The Kier molecular flexibility index (Phi) is 5.09. The van der Waals surface area contributed by atoms with E-state index in [4.69, 9.17) is 0 Å². The van der Waals surface area contributed by atoms with E-state index in [-0.39, 0.29) is 11.8 Å².